The summed E-state index contributed by atoms with van der Waals surface area (Å²) in [5.74, 6) is 0.438. The summed E-state index contributed by atoms with van der Waals surface area (Å²) < 4.78 is 5.49. The van der Waals surface area contributed by atoms with Crippen molar-refractivity contribution in [3.8, 4) is 11.9 Å². The van der Waals surface area contributed by atoms with Crippen molar-refractivity contribution in [1.82, 2.24) is 4.98 Å². The van der Waals surface area contributed by atoms with Crippen molar-refractivity contribution in [2.75, 3.05) is 6.61 Å². The van der Waals surface area contributed by atoms with Gasteiger partial charge in [-0.25, -0.2) is 4.98 Å². The number of halogens is 1. The van der Waals surface area contributed by atoms with E-state index in [2.05, 4.69) is 11.9 Å². The van der Waals surface area contributed by atoms with Gasteiger partial charge in [-0.1, -0.05) is 50.6 Å². The van der Waals surface area contributed by atoms with Crippen molar-refractivity contribution in [1.29, 1.82) is 5.26 Å². The summed E-state index contributed by atoms with van der Waals surface area (Å²) in [6.07, 6.45) is 7.31. The van der Waals surface area contributed by atoms with Crippen LogP contribution in [0.2, 0.25) is 5.15 Å². The first-order valence-electron chi connectivity index (χ1n) is 6.46. The number of aromatic nitrogens is 1. The fourth-order valence-corrected chi connectivity index (χ4v) is 1.87. The highest BCUT2D eigenvalue weighted by atomic mass is 35.5. The fraction of sp³-hybridized carbons (Fsp3) is 0.571. The van der Waals surface area contributed by atoms with Crippen LogP contribution in [-0.4, -0.2) is 11.6 Å². The van der Waals surface area contributed by atoms with E-state index in [1.54, 1.807) is 6.07 Å². The molecule has 18 heavy (non-hydrogen) atoms. The van der Waals surface area contributed by atoms with Gasteiger partial charge >= 0.3 is 0 Å². The van der Waals surface area contributed by atoms with E-state index in [-0.39, 0.29) is 0 Å². The molecule has 0 radical (unpaired) electrons. The standard InChI is InChI=1S/C14H19ClN2O/c1-2-3-4-5-6-7-8-18-14-10-12(11-16)9-13(15)17-14/h9-10H,2-8H2,1H3. The van der Waals surface area contributed by atoms with Gasteiger partial charge in [0, 0.05) is 6.07 Å². The molecule has 1 aromatic heterocycles. The van der Waals surface area contributed by atoms with E-state index in [0.717, 1.165) is 6.42 Å². The Kier molecular flexibility index (Phi) is 7.20. The molecule has 3 nitrogen and oxygen atoms in total. The summed E-state index contributed by atoms with van der Waals surface area (Å²) in [5, 5.41) is 9.08. The van der Waals surface area contributed by atoms with Crippen LogP contribution in [0.4, 0.5) is 0 Å². The third-order valence-corrected chi connectivity index (χ3v) is 2.84. The third-order valence-electron chi connectivity index (χ3n) is 2.65. The van der Waals surface area contributed by atoms with Crippen molar-refractivity contribution in [2.45, 2.75) is 45.4 Å². The molecule has 0 aliphatic rings. The largest absolute Gasteiger partial charge is 0.478 e. The molecule has 0 amide bonds. The van der Waals surface area contributed by atoms with Crippen LogP contribution >= 0.6 is 11.6 Å². The number of nitriles is 1. The summed E-state index contributed by atoms with van der Waals surface area (Å²) in [7, 11) is 0. The smallest absolute Gasteiger partial charge is 0.215 e. The Balaban J connectivity index is 2.23. The topological polar surface area (TPSA) is 45.9 Å². The van der Waals surface area contributed by atoms with E-state index in [4.69, 9.17) is 21.6 Å². The van der Waals surface area contributed by atoms with Crippen LogP contribution in [0.1, 0.15) is 51.0 Å². The Labute approximate surface area is 114 Å². The molecule has 4 heteroatoms. The molecule has 1 aromatic rings. The van der Waals surface area contributed by atoms with E-state index in [1.807, 2.05) is 6.07 Å². The van der Waals surface area contributed by atoms with Crippen molar-refractivity contribution in [3.63, 3.8) is 0 Å². The molecule has 0 aliphatic carbocycles. The van der Waals surface area contributed by atoms with E-state index in [1.165, 1.54) is 38.2 Å². The van der Waals surface area contributed by atoms with Crippen LogP contribution in [-0.2, 0) is 0 Å². The zero-order valence-corrected chi connectivity index (χ0v) is 11.5. The monoisotopic (exact) mass is 266 g/mol. The summed E-state index contributed by atoms with van der Waals surface area (Å²) in [4.78, 5) is 4.02. The number of hydrogen-bond donors (Lipinski definition) is 0. The van der Waals surface area contributed by atoms with Crippen LogP contribution in [0.3, 0.4) is 0 Å². The number of unbranched alkanes of at least 4 members (excludes halogenated alkanes) is 5. The van der Waals surface area contributed by atoms with Crippen molar-refractivity contribution < 1.29 is 4.74 Å². The van der Waals surface area contributed by atoms with Crippen molar-refractivity contribution in [3.05, 3.63) is 22.8 Å². The van der Waals surface area contributed by atoms with Gasteiger partial charge in [0.15, 0.2) is 0 Å². The van der Waals surface area contributed by atoms with E-state index < -0.39 is 0 Å². The molecule has 0 aliphatic heterocycles. The quantitative estimate of drug-likeness (QED) is 0.519. The Morgan fingerprint density at radius 2 is 1.94 bits per heavy atom. The number of hydrogen-bond acceptors (Lipinski definition) is 3. The molecule has 98 valence electrons. The van der Waals surface area contributed by atoms with Gasteiger partial charge in [0.25, 0.3) is 0 Å². The lowest BCUT2D eigenvalue weighted by molar-refractivity contribution is 0.293. The maximum atomic E-state index is 8.79. The maximum Gasteiger partial charge on any atom is 0.215 e. The Morgan fingerprint density at radius 1 is 1.22 bits per heavy atom. The summed E-state index contributed by atoms with van der Waals surface area (Å²) in [5.41, 5.74) is 0.480. The molecule has 0 spiro atoms. The van der Waals surface area contributed by atoms with Crippen molar-refractivity contribution in [2.24, 2.45) is 0 Å². The summed E-state index contributed by atoms with van der Waals surface area (Å²) in [6.45, 7) is 2.84. The zero-order chi connectivity index (χ0) is 13.2. The second kappa shape index (κ2) is 8.77. The Hall–Kier alpha value is -1.27. The van der Waals surface area contributed by atoms with E-state index in [0.29, 0.717) is 23.2 Å². The molecule has 0 N–H and O–H groups in total. The van der Waals surface area contributed by atoms with Gasteiger partial charge in [0.1, 0.15) is 5.15 Å². The fourth-order valence-electron chi connectivity index (χ4n) is 1.67. The highest BCUT2D eigenvalue weighted by Crippen LogP contribution is 2.16. The zero-order valence-electron chi connectivity index (χ0n) is 10.8. The molecule has 0 unspecified atom stereocenters. The molecular weight excluding hydrogens is 248 g/mol. The average Bonchev–Trinajstić information content (AvgIpc) is 2.37. The number of rotatable bonds is 8. The molecule has 1 rings (SSSR count). The lowest BCUT2D eigenvalue weighted by atomic mass is 10.1. The summed E-state index contributed by atoms with van der Waals surface area (Å²) in [6, 6.07) is 5.17. The van der Waals surface area contributed by atoms with Gasteiger partial charge in [-0.05, 0) is 12.5 Å². The maximum absolute atomic E-state index is 8.79. The molecular formula is C14H19ClN2O. The van der Waals surface area contributed by atoms with Gasteiger partial charge in [-0.2, -0.15) is 5.26 Å². The van der Waals surface area contributed by atoms with Gasteiger partial charge in [0.2, 0.25) is 5.88 Å². The van der Waals surface area contributed by atoms with Crippen LogP contribution in [0.15, 0.2) is 12.1 Å². The third kappa shape index (κ3) is 5.88. The van der Waals surface area contributed by atoms with Gasteiger partial charge < -0.3 is 4.74 Å². The lowest BCUT2D eigenvalue weighted by Crippen LogP contribution is -1.99. The minimum atomic E-state index is 0.298. The predicted octanol–water partition coefficient (Wildman–Crippen LogP) is 4.35. The molecule has 0 aromatic carbocycles. The van der Waals surface area contributed by atoms with Gasteiger partial charge in [0.05, 0.1) is 18.2 Å². The first-order chi connectivity index (χ1) is 8.76. The normalized spacial score (nSPS) is 10.1. The van der Waals surface area contributed by atoms with E-state index >= 15 is 0 Å². The van der Waals surface area contributed by atoms with E-state index in [9.17, 15) is 0 Å². The SMILES string of the molecule is CCCCCCCCOc1cc(C#N)cc(Cl)n1. The summed E-state index contributed by atoms with van der Waals surface area (Å²) >= 11 is 5.78. The Bertz CT molecular complexity index is 401. The number of nitrogens with zero attached hydrogens (tertiary/aromatic N) is 2. The van der Waals surface area contributed by atoms with Gasteiger partial charge in [-0.3, -0.25) is 0 Å². The molecule has 0 atom stereocenters. The minimum absolute atomic E-state index is 0.298. The number of ether oxygens (including phenoxy) is 1. The molecule has 1 heterocycles. The first kappa shape index (κ1) is 14.8. The molecule has 0 bridgehead atoms. The highest BCUT2D eigenvalue weighted by Gasteiger charge is 2.01. The molecule has 0 saturated carbocycles. The highest BCUT2D eigenvalue weighted by molar-refractivity contribution is 6.29. The van der Waals surface area contributed by atoms with Crippen molar-refractivity contribution >= 4 is 11.6 Å². The molecule has 0 fully saturated rings. The van der Waals surface area contributed by atoms with Crippen LogP contribution in [0, 0.1) is 11.3 Å². The first-order valence-corrected chi connectivity index (χ1v) is 6.84. The minimum Gasteiger partial charge on any atom is -0.478 e. The number of pyridine rings is 1. The van der Waals surface area contributed by atoms with Crippen LogP contribution < -0.4 is 4.74 Å². The van der Waals surface area contributed by atoms with Gasteiger partial charge in [-0.15, -0.1) is 0 Å². The lowest BCUT2D eigenvalue weighted by Gasteiger charge is -2.05. The Morgan fingerprint density at radius 3 is 2.67 bits per heavy atom. The second-order valence-corrected chi connectivity index (χ2v) is 4.63. The van der Waals surface area contributed by atoms with Crippen LogP contribution in [0.5, 0.6) is 5.88 Å². The predicted molar refractivity (Wildman–Crippen MR) is 72.8 cm³/mol. The second-order valence-electron chi connectivity index (χ2n) is 4.24. The average molecular weight is 267 g/mol. The molecule has 0 saturated heterocycles. The van der Waals surface area contributed by atoms with Crippen LogP contribution in [0.25, 0.3) is 0 Å².